The average Bonchev–Trinajstić information content (AvgIpc) is 3.62. The van der Waals surface area contributed by atoms with E-state index >= 15 is 0 Å². The molecule has 0 fully saturated rings. The summed E-state index contributed by atoms with van der Waals surface area (Å²) in [5, 5.41) is 28.3. The van der Waals surface area contributed by atoms with Crippen LogP contribution in [0.1, 0.15) is 25.7 Å². The molecule has 2 atom stereocenters. The van der Waals surface area contributed by atoms with Gasteiger partial charge in [-0.15, -0.1) is 11.5 Å². The highest BCUT2D eigenvalue weighted by Crippen LogP contribution is 2.07. The van der Waals surface area contributed by atoms with Gasteiger partial charge in [-0.1, -0.05) is 12.2 Å². The quantitative estimate of drug-likeness (QED) is 0.0989. The standard InChI is InChI=1S/C26H30N4O8S/c31-21(32)11-9-19(29-23(35)17-5-1-2-6-17)25(37)27-13-15-39-16-14-28-26(38)20(10-12-22(33)34)30-24(36)18-7-3-4-8-18/h1-5,7,19-20H,9-16H2,(H,27,37)(H,28,38)(H,29,35)(H,30,36)(H,31,32)(H,33,34)/t19-,20-/m0/s1. The van der Waals surface area contributed by atoms with Crippen LogP contribution in [0.3, 0.4) is 0 Å². The van der Waals surface area contributed by atoms with Crippen LogP contribution in [0, 0.1) is 0 Å². The minimum Gasteiger partial charge on any atom is -0.481 e. The number of hydrogen-bond acceptors (Lipinski definition) is 7. The molecule has 0 aromatic heterocycles. The van der Waals surface area contributed by atoms with E-state index in [0.29, 0.717) is 11.5 Å². The molecular formula is C26H30N4O8S. The Labute approximate surface area is 229 Å². The Kier molecular flexibility index (Phi) is 13.1. The van der Waals surface area contributed by atoms with Gasteiger partial charge in [0.05, 0.1) is 11.1 Å². The monoisotopic (exact) mass is 558 g/mol. The number of carboxylic acids is 2. The molecule has 0 heterocycles. The van der Waals surface area contributed by atoms with Crippen molar-refractivity contribution in [1.82, 2.24) is 21.3 Å². The number of allylic oxidation sites excluding steroid dienone is 2. The maximum absolute atomic E-state index is 12.5. The summed E-state index contributed by atoms with van der Waals surface area (Å²) in [7, 11) is 0. The molecule has 0 aliphatic heterocycles. The highest BCUT2D eigenvalue weighted by atomic mass is 32.2. The second-order valence-electron chi connectivity index (χ2n) is 8.28. The lowest BCUT2D eigenvalue weighted by Crippen LogP contribution is -2.48. The lowest BCUT2D eigenvalue weighted by atomic mass is 10.1. The zero-order valence-corrected chi connectivity index (χ0v) is 21.8. The van der Waals surface area contributed by atoms with Gasteiger partial charge in [-0.3, -0.25) is 28.8 Å². The van der Waals surface area contributed by atoms with Gasteiger partial charge in [0.25, 0.3) is 11.8 Å². The Morgan fingerprint density at radius 3 is 1.46 bits per heavy atom. The van der Waals surface area contributed by atoms with Crippen molar-refractivity contribution in [2.75, 3.05) is 24.6 Å². The molecule has 0 saturated carbocycles. The van der Waals surface area contributed by atoms with Gasteiger partial charge >= 0.3 is 11.9 Å². The highest BCUT2D eigenvalue weighted by molar-refractivity contribution is 7.99. The van der Waals surface area contributed by atoms with E-state index in [0.717, 1.165) is 0 Å². The second kappa shape index (κ2) is 16.5. The fourth-order valence-electron chi connectivity index (χ4n) is 3.33. The maximum Gasteiger partial charge on any atom is 0.303 e. The second-order valence-corrected chi connectivity index (χ2v) is 9.50. The summed E-state index contributed by atoms with van der Waals surface area (Å²) >= 11 is 1.42. The zero-order valence-electron chi connectivity index (χ0n) is 21.0. The molecule has 39 heavy (non-hydrogen) atoms. The fourth-order valence-corrected chi connectivity index (χ4v) is 4.03. The first-order chi connectivity index (χ1) is 18.7. The molecule has 4 amide bonds. The van der Waals surface area contributed by atoms with Crippen LogP contribution in [0.15, 0.2) is 59.1 Å². The minimum absolute atomic E-state index is 0.0732. The summed E-state index contributed by atoms with van der Waals surface area (Å²) < 4.78 is 0. The molecule has 208 valence electrons. The maximum atomic E-state index is 12.5. The summed E-state index contributed by atoms with van der Waals surface area (Å²) in [6, 6.07) is -2.05. The lowest BCUT2D eigenvalue weighted by molar-refractivity contribution is -0.138. The topological polar surface area (TPSA) is 191 Å². The van der Waals surface area contributed by atoms with Crippen molar-refractivity contribution in [1.29, 1.82) is 0 Å². The first-order valence-corrected chi connectivity index (χ1v) is 13.3. The van der Waals surface area contributed by atoms with E-state index in [4.69, 9.17) is 10.2 Å². The van der Waals surface area contributed by atoms with Crippen LogP contribution in [0.5, 0.6) is 0 Å². The Morgan fingerprint density at radius 1 is 0.718 bits per heavy atom. The van der Waals surface area contributed by atoms with Crippen molar-refractivity contribution < 1.29 is 39.0 Å². The van der Waals surface area contributed by atoms with E-state index in [9.17, 15) is 28.8 Å². The average molecular weight is 559 g/mol. The first kappa shape index (κ1) is 30.9. The molecule has 2 aliphatic carbocycles. The van der Waals surface area contributed by atoms with Crippen LogP contribution in [0.2, 0.25) is 0 Å². The molecule has 0 spiro atoms. The third-order valence-corrected chi connectivity index (χ3v) is 6.30. The van der Waals surface area contributed by atoms with Crippen molar-refractivity contribution in [2.24, 2.45) is 0 Å². The van der Waals surface area contributed by atoms with Crippen molar-refractivity contribution in [3.63, 3.8) is 0 Å². The van der Waals surface area contributed by atoms with Crippen LogP contribution in [0.4, 0.5) is 0 Å². The molecule has 0 bridgehead atoms. The van der Waals surface area contributed by atoms with Gasteiger partial charge in [0.2, 0.25) is 11.8 Å². The normalized spacial score (nSPS) is 14.3. The predicted molar refractivity (Wildman–Crippen MR) is 142 cm³/mol. The summed E-state index contributed by atoms with van der Waals surface area (Å²) in [4.78, 5) is 71.4. The van der Waals surface area contributed by atoms with Gasteiger partial charge in [-0.05, 0) is 37.1 Å². The molecule has 0 aromatic carbocycles. The number of rotatable bonds is 18. The number of thioether (sulfide) groups is 1. The first-order valence-electron chi connectivity index (χ1n) is 12.1. The molecular weight excluding hydrogens is 528 g/mol. The van der Waals surface area contributed by atoms with E-state index in [1.807, 2.05) is 0 Å². The summed E-state index contributed by atoms with van der Waals surface area (Å²) in [6.07, 6.45) is 8.67. The SMILES string of the molecule is O=C(O)CC[C@H](NC(=O)C1=C=CC=C1)C(=O)NCCSCCNC(=O)[C@H](CCC(=O)O)NC(=O)C1=C=CC=C1. The van der Waals surface area contributed by atoms with Gasteiger partial charge < -0.3 is 31.5 Å². The number of nitrogens with one attached hydrogen (secondary N) is 4. The highest BCUT2D eigenvalue weighted by Gasteiger charge is 2.24. The summed E-state index contributed by atoms with van der Waals surface area (Å²) in [5.41, 5.74) is 5.93. The zero-order chi connectivity index (χ0) is 28.6. The largest absolute Gasteiger partial charge is 0.481 e. The van der Waals surface area contributed by atoms with Crippen molar-refractivity contribution in [2.45, 2.75) is 37.8 Å². The van der Waals surface area contributed by atoms with E-state index in [2.05, 4.69) is 32.7 Å². The molecule has 12 nitrogen and oxygen atoms in total. The fraction of sp³-hybridized carbons (Fsp3) is 0.385. The minimum atomic E-state index is -1.09. The molecule has 2 rings (SSSR count). The number of carbonyl (C=O) groups is 6. The van der Waals surface area contributed by atoms with E-state index in [1.54, 1.807) is 24.3 Å². The third kappa shape index (κ3) is 11.7. The lowest BCUT2D eigenvalue weighted by Gasteiger charge is -2.18. The summed E-state index contributed by atoms with van der Waals surface area (Å²) in [6.45, 7) is 0.486. The number of amides is 4. The van der Waals surface area contributed by atoms with Gasteiger partial charge in [-0.2, -0.15) is 11.8 Å². The van der Waals surface area contributed by atoms with Crippen molar-refractivity contribution >= 4 is 47.3 Å². The molecule has 13 heteroatoms. The van der Waals surface area contributed by atoms with Gasteiger partial charge in [0, 0.05) is 37.4 Å². The van der Waals surface area contributed by atoms with Gasteiger partial charge in [0.15, 0.2) is 0 Å². The van der Waals surface area contributed by atoms with Crippen molar-refractivity contribution in [3.05, 3.63) is 59.1 Å². The predicted octanol–water partition coefficient (Wildman–Crippen LogP) is -0.0462. The Balaban J connectivity index is 1.72. The van der Waals surface area contributed by atoms with Crippen LogP contribution in [0.25, 0.3) is 0 Å². The van der Waals surface area contributed by atoms with E-state index in [1.165, 1.54) is 23.9 Å². The van der Waals surface area contributed by atoms with Crippen LogP contribution >= 0.6 is 11.8 Å². The molecule has 2 aliphatic rings. The van der Waals surface area contributed by atoms with Crippen LogP contribution < -0.4 is 21.3 Å². The molecule has 0 saturated heterocycles. The summed E-state index contributed by atoms with van der Waals surface area (Å²) in [5.74, 6) is -3.30. The molecule has 0 unspecified atom stereocenters. The molecule has 0 aromatic rings. The third-order valence-electron chi connectivity index (χ3n) is 5.31. The number of hydrogen-bond donors (Lipinski definition) is 6. The number of aliphatic carboxylic acids is 2. The number of carbonyl (C=O) groups excluding carboxylic acids is 4. The Hall–Kier alpha value is -4.31. The Bertz CT molecular complexity index is 1090. The van der Waals surface area contributed by atoms with Crippen molar-refractivity contribution in [3.8, 4) is 0 Å². The van der Waals surface area contributed by atoms with E-state index < -0.39 is 47.7 Å². The Morgan fingerprint density at radius 2 is 1.13 bits per heavy atom. The molecule has 0 radical (unpaired) electrons. The smallest absolute Gasteiger partial charge is 0.303 e. The van der Waals surface area contributed by atoms with Gasteiger partial charge in [-0.25, -0.2) is 0 Å². The molecule has 6 N–H and O–H groups in total. The van der Waals surface area contributed by atoms with Crippen LogP contribution in [-0.2, 0) is 28.8 Å². The van der Waals surface area contributed by atoms with Gasteiger partial charge in [0.1, 0.15) is 12.1 Å². The van der Waals surface area contributed by atoms with E-state index in [-0.39, 0.29) is 49.9 Å². The van der Waals surface area contributed by atoms with Crippen LogP contribution in [-0.4, -0.2) is 82.5 Å². The number of carboxylic acid groups (broad SMARTS) is 2.